The minimum Gasteiger partial charge on any atom is -0.325 e. The van der Waals surface area contributed by atoms with E-state index < -0.39 is 0 Å². The third kappa shape index (κ3) is 1.95. The quantitative estimate of drug-likeness (QED) is 0.737. The molecule has 2 saturated carbocycles. The van der Waals surface area contributed by atoms with Gasteiger partial charge >= 0.3 is 0 Å². The molecule has 0 aromatic heterocycles. The summed E-state index contributed by atoms with van der Waals surface area (Å²) in [4.78, 5) is 0. The van der Waals surface area contributed by atoms with Crippen molar-refractivity contribution < 1.29 is 0 Å². The van der Waals surface area contributed by atoms with Crippen LogP contribution in [0.25, 0.3) is 0 Å². The maximum atomic E-state index is 6.37. The summed E-state index contributed by atoms with van der Waals surface area (Å²) >= 11 is 0. The van der Waals surface area contributed by atoms with Gasteiger partial charge in [-0.15, -0.1) is 0 Å². The molecule has 0 radical (unpaired) electrons. The van der Waals surface area contributed by atoms with Crippen molar-refractivity contribution in [1.82, 2.24) is 0 Å². The van der Waals surface area contributed by atoms with Crippen LogP contribution in [0.1, 0.15) is 66.2 Å². The second kappa shape index (κ2) is 3.23. The molecule has 15 heavy (non-hydrogen) atoms. The van der Waals surface area contributed by atoms with Crippen molar-refractivity contribution in [2.24, 2.45) is 22.5 Å². The van der Waals surface area contributed by atoms with Crippen LogP contribution >= 0.6 is 0 Å². The predicted octanol–water partition coefficient (Wildman–Crippen LogP) is 3.72. The van der Waals surface area contributed by atoms with E-state index in [1.165, 1.54) is 38.5 Å². The third-order valence-electron chi connectivity index (χ3n) is 5.19. The normalized spacial score (nSPS) is 30.2. The molecule has 0 bridgehead atoms. The molecule has 2 aliphatic rings. The summed E-state index contributed by atoms with van der Waals surface area (Å²) < 4.78 is 0. The molecule has 2 rings (SSSR count). The van der Waals surface area contributed by atoms with Crippen molar-refractivity contribution in [3.8, 4) is 0 Å². The predicted molar refractivity (Wildman–Crippen MR) is 65.7 cm³/mol. The molecule has 0 atom stereocenters. The van der Waals surface area contributed by atoms with Crippen LogP contribution in [0, 0.1) is 16.7 Å². The lowest BCUT2D eigenvalue weighted by Gasteiger charge is -2.43. The highest BCUT2D eigenvalue weighted by Crippen LogP contribution is 2.62. The monoisotopic (exact) mass is 209 g/mol. The van der Waals surface area contributed by atoms with Crippen LogP contribution in [0.5, 0.6) is 0 Å². The van der Waals surface area contributed by atoms with Gasteiger partial charge in [-0.25, -0.2) is 0 Å². The van der Waals surface area contributed by atoms with Gasteiger partial charge in [0.1, 0.15) is 0 Å². The highest BCUT2D eigenvalue weighted by Gasteiger charge is 2.57. The SMILES string of the molecule is CC1(C)CCC(C2(C(C)(C)N)CC2)CC1. The first-order valence-corrected chi connectivity index (χ1v) is 6.56. The molecule has 1 nitrogen and oxygen atoms in total. The molecule has 1 heteroatoms. The fraction of sp³-hybridized carbons (Fsp3) is 1.00. The Labute approximate surface area is 94.8 Å². The van der Waals surface area contributed by atoms with Crippen molar-refractivity contribution in [2.45, 2.75) is 71.8 Å². The highest BCUT2D eigenvalue weighted by atomic mass is 14.8. The van der Waals surface area contributed by atoms with Crippen molar-refractivity contribution in [3.05, 3.63) is 0 Å². The summed E-state index contributed by atoms with van der Waals surface area (Å²) in [5.74, 6) is 0.908. The number of nitrogens with two attached hydrogens (primary N) is 1. The van der Waals surface area contributed by atoms with Gasteiger partial charge < -0.3 is 5.73 Å². The third-order valence-corrected chi connectivity index (χ3v) is 5.19. The van der Waals surface area contributed by atoms with E-state index in [-0.39, 0.29) is 5.54 Å². The molecule has 0 amide bonds. The molecule has 0 aromatic carbocycles. The largest absolute Gasteiger partial charge is 0.325 e. The fourth-order valence-corrected chi connectivity index (χ4v) is 3.67. The first-order valence-electron chi connectivity index (χ1n) is 6.56. The second-order valence-corrected chi connectivity index (χ2v) is 7.32. The van der Waals surface area contributed by atoms with Crippen molar-refractivity contribution in [1.29, 1.82) is 0 Å². The smallest absolute Gasteiger partial charge is 0.0156 e. The van der Waals surface area contributed by atoms with Crippen LogP contribution in [0.15, 0.2) is 0 Å². The summed E-state index contributed by atoms with van der Waals surface area (Å²) in [5.41, 5.74) is 7.51. The Morgan fingerprint density at radius 1 is 1.00 bits per heavy atom. The maximum absolute atomic E-state index is 6.37. The fourth-order valence-electron chi connectivity index (χ4n) is 3.67. The Morgan fingerprint density at radius 3 is 1.80 bits per heavy atom. The summed E-state index contributed by atoms with van der Waals surface area (Å²) in [6.07, 6.45) is 8.37. The van der Waals surface area contributed by atoms with Crippen LogP contribution in [0.3, 0.4) is 0 Å². The van der Waals surface area contributed by atoms with Gasteiger partial charge in [-0.2, -0.15) is 0 Å². The molecular formula is C14H27N. The molecule has 0 saturated heterocycles. The summed E-state index contributed by atoms with van der Waals surface area (Å²) in [7, 11) is 0. The van der Waals surface area contributed by atoms with Gasteiger partial charge in [0.2, 0.25) is 0 Å². The van der Waals surface area contributed by atoms with Crippen LogP contribution in [-0.4, -0.2) is 5.54 Å². The van der Waals surface area contributed by atoms with E-state index in [4.69, 9.17) is 5.73 Å². The van der Waals surface area contributed by atoms with E-state index in [1.807, 2.05) is 0 Å². The van der Waals surface area contributed by atoms with E-state index in [1.54, 1.807) is 0 Å². The Morgan fingerprint density at radius 2 is 1.47 bits per heavy atom. The van der Waals surface area contributed by atoms with E-state index in [0.29, 0.717) is 10.8 Å². The van der Waals surface area contributed by atoms with Crippen molar-refractivity contribution in [3.63, 3.8) is 0 Å². The first-order chi connectivity index (χ1) is 6.77. The van der Waals surface area contributed by atoms with Gasteiger partial charge in [0.15, 0.2) is 0 Å². The highest BCUT2D eigenvalue weighted by molar-refractivity contribution is 5.11. The van der Waals surface area contributed by atoms with Gasteiger partial charge in [0.05, 0.1) is 0 Å². The molecule has 88 valence electrons. The van der Waals surface area contributed by atoms with E-state index in [9.17, 15) is 0 Å². The van der Waals surface area contributed by atoms with Crippen LogP contribution in [-0.2, 0) is 0 Å². The molecule has 0 aliphatic heterocycles. The van der Waals surface area contributed by atoms with Crippen LogP contribution in [0.2, 0.25) is 0 Å². The summed E-state index contributed by atoms with van der Waals surface area (Å²) in [6, 6.07) is 0. The van der Waals surface area contributed by atoms with Crippen molar-refractivity contribution >= 4 is 0 Å². The lowest BCUT2D eigenvalue weighted by Crippen LogP contribution is -2.47. The summed E-state index contributed by atoms with van der Waals surface area (Å²) in [6.45, 7) is 9.30. The molecule has 2 aliphatic carbocycles. The average Bonchev–Trinajstić information content (AvgIpc) is 2.83. The van der Waals surface area contributed by atoms with E-state index >= 15 is 0 Å². The number of hydrogen-bond acceptors (Lipinski definition) is 1. The topological polar surface area (TPSA) is 26.0 Å². The minimum atomic E-state index is 0.0408. The Bertz CT molecular complexity index is 233. The Kier molecular flexibility index (Phi) is 2.46. The Hall–Kier alpha value is -0.0400. The lowest BCUT2D eigenvalue weighted by molar-refractivity contribution is 0.0958. The second-order valence-electron chi connectivity index (χ2n) is 7.32. The molecule has 0 heterocycles. The lowest BCUT2D eigenvalue weighted by atomic mass is 9.64. The standard InChI is InChI=1S/C14H27N/c1-12(2)7-5-11(6-8-12)14(9-10-14)13(3,4)15/h11H,5-10,15H2,1-4H3. The number of hydrogen-bond donors (Lipinski definition) is 1. The van der Waals surface area contributed by atoms with Crippen molar-refractivity contribution in [2.75, 3.05) is 0 Å². The zero-order valence-corrected chi connectivity index (χ0v) is 10.9. The zero-order chi connectivity index (χ0) is 11.3. The van der Waals surface area contributed by atoms with E-state index in [2.05, 4.69) is 27.7 Å². The Balaban J connectivity index is 2.02. The summed E-state index contributed by atoms with van der Waals surface area (Å²) in [5, 5.41) is 0. The average molecular weight is 209 g/mol. The minimum absolute atomic E-state index is 0.0408. The maximum Gasteiger partial charge on any atom is 0.0156 e. The molecule has 0 aromatic rings. The molecule has 0 spiro atoms. The van der Waals surface area contributed by atoms with Gasteiger partial charge in [-0.05, 0) is 69.1 Å². The van der Waals surface area contributed by atoms with Gasteiger partial charge in [-0.1, -0.05) is 13.8 Å². The number of rotatable bonds is 2. The van der Waals surface area contributed by atoms with Crippen LogP contribution < -0.4 is 5.73 Å². The zero-order valence-electron chi connectivity index (χ0n) is 10.9. The van der Waals surface area contributed by atoms with Gasteiger partial charge in [0, 0.05) is 5.54 Å². The van der Waals surface area contributed by atoms with Gasteiger partial charge in [-0.3, -0.25) is 0 Å². The molecule has 0 unspecified atom stereocenters. The molecular weight excluding hydrogens is 182 g/mol. The van der Waals surface area contributed by atoms with E-state index in [0.717, 1.165) is 5.92 Å². The molecule has 2 fully saturated rings. The van der Waals surface area contributed by atoms with Crippen LogP contribution in [0.4, 0.5) is 0 Å². The van der Waals surface area contributed by atoms with Gasteiger partial charge in [0.25, 0.3) is 0 Å². The first kappa shape index (κ1) is 11.4. The molecule has 2 N–H and O–H groups in total.